The van der Waals surface area contributed by atoms with Gasteiger partial charge in [0.1, 0.15) is 11.9 Å². The lowest BCUT2D eigenvalue weighted by Crippen LogP contribution is -2.07. The molecule has 32 heavy (non-hydrogen) atoms. The van der Waals surface area contributed by atoms with Crippen LogP contribution in [-0.2, 0) is 48.0 Å². The van der Waals surface area contributed by atoms with Crippen molar-refractivity contribution in [3.05, 3.63) is 64.0 Å². The van der Waals surface area contributed by atoms with Crippen LogP contribution in [0.1, 0.15) is 80.9 Å². The molecule has 2 aromatic rings. The van der Waals surface area contributed by atoms with Crippen LogP contribution in [0.2, 0.25) is 0 Å². The summed E-state index contributed by atoms with van der Waals surface area (Å²) in [5.74, 6) is 0.939. The average molecular weight is 440 g/mol. The second kappa shape index (κ2) is 12.6. The zero-order valence-electron chi connectivity index (χ0n) is 20.2. The third-order valence-electron chi connectivity index (χ3n) is 6.09. The fourth-order valence-corrected chi connectivity index (χ4v) is 4.27. The summed E-state index contributed by atoms with van der Waals surface area (Å²) in [5, 5.41) is 15.2. The summed E-state index contributed by atoms with van der Waals surface area (Å²) < 4.78 is 12.0. The summed E-state index contributed by atoms with van der Waals surface area (Å²) in [7, 11) is 0. The number of nitrogens with zero attached hydrogens (tertiary/aromatic N) is 2. The molecule has 175 valence electrons. The van der Waals surface area contributed by atoms with Crippen molar-refractivity contribution in [2.75, 3.05) is 13.2 Å². The Balaban J connectivity index is 1.33. The van der Waals surface area contributed by atoms with Crippen LogP contribution in [0, 0.1) is 6.10 Å². The third kappa shape index (κ3) is 6.35. The predicted molar refractivity (Wildman–Crippen MR) is 128 cm³/mol. The molecule has 0 saturated heterocycles. The summed E-state index contributed by atoms with van der Waals surface area (Å²) in [4.78, 5) is 0. The van der Waals surface area contributed by atoms with Crippen LogP contribution >= 0.6 is 0 Å². The number of H-pyrrole nitrogens is 2. The summed E-state index contributed by atoms with van der Waals surface area (Å²) in [6.45, 7) is 10.1. The average Bonchev–Trinajstić information content (AvgIpc) is 3.42. The number of hydrogen-bond donors (Lipinski definition) is 2. The van der Waals surface area contributed by atoms with Gasteiger partial charge in [0, 0.05) is 24.4 Å². The standard InChI is InChI=1S/C26H39N4O2/c1-5-23-21(24(6-2)28-27-23)11-9-17-31-19-13-15-20(16-14-19)32-18-10-12-22-25(7-3)29-30-26(22)8-4/h13-15H,5-12,16-18H2,1-4H3,(H,27,28)(H,29,30). The van der Waals surface area contributed by atoms with Crippen LogP contribution in [0.25, 0.3) is 0 Å². The van der Waals surface area contributed by atoms with Crippen molar-refractivity contribution in [3.8, 4) is 0 Å². The SMILES string of the molecule is CCc1n[nH]c(CC)c1CCCO[C]1C=CC(OCCCc2c(CC)n[nH]c2CC)=CC1. The van der Waals surface area contributed by atoms with Crippen LogP contribution < -0.4 is 0 Å². The van der Waals surface area contributed by atoms with E-state index in [1.807, 2.05) is 12.2 Å². The van der Waals surface area contributed by atoms with E-state index in [0.29, 0.717) is 6.61 Å². The topological polar surface area (TPSA) is 75.8 Å². The monoisotopic (exact) mass is 439 g/mol. The number of allylic oxidation sites excluding steroid dienone is 1. The van der Waals surface area contributed by atoms with Crippen molar-refractivity contribution in [2.45, 2.75) is 85.5 Å². The summed E-state index contributed by atoms with van der Waals surface area (Å²) in [6.07, 6.45) is 15.9. The van der Waals surface area contributed by atoms with Gasteiger partial charge in [-0.3, -0.25) is 10.2 Å². The lowest BCUT2D eigenvalue weighted by molar-refractivity contribution is 0.154. The zero-order chi connectivity index (χ0) is 22.8. The van der Waals surface area contributed by atoms with E-state index in [9.17, 15) is 0 Å². The Morgan fingerprint density at radius 2 is 1.31 bits per heavy atom. The summed E-state index contributed by atoms with van der Waals surface area (Å²) in [6, 6.07) is 0. The molecule has 0 bridgehead atoms. The molecule has 6 nitrogen and oxygen atoms in total. The molecule has 3 rings (SSSR count). The highest BCUT2D eigenvalue weighted by molar-refractivity contribution is 5.27. The molecule has 2 N–H and O–H groups in total. The van der Waals surface area contributed by atoms with Gasteiger partial charge in [0.15, 0.2) is 0 Å². The van der Waals surface area contributed by atoms with E-state index in [4.69, 9.17) is 9.47 Å². The molecule has 0 aliphatic heterocycles. The summed E-state index contributed by atoms with van der Waals surface area (Å²) in [5.41, 5.74) is 7.68. The fourth-order valence-electron chi connectivity index (χ4n) is 4.27. The maximum Gasteiger partial charge on any atom is 0.123 e. The second-order valence-electron chi connectivity index (χ2n) is 8.18. The Kier molecular flexibility index (Phi) is 9.60. The minimum Gasteiger partial charge on any atom is -0.494 e. The molecule has 1 aliphatic carbocycles. The molecule has 0 unspecified atom stereocenters. The number of aromatic nitrogens is 4. The number of rotatable bonds is 14. The number of ether oxygens (including phenoxy) is 2. The smallest absolute Gasteiger partial charge is 0.123 e. The first-order valence-corrected chi connectivity index (χ1v) is 12.3. The Hall–Kier alpha value is -2.34. The number of hydrogen-bond acceptors (Lipinski definition) is 4. The van der Waals surface area contributed by atoms with Gasteiger partial charge in [0.05, 0.1) is 18.0 Å². The Morgan fingerprint density at radius 1 is 0.750 bits per heavy atom. The second-order valence-corrected chi connectivity index (χ2v) is 8.18. The molecular weight excluding hydrogens is 400 g/mol. The van der Waals surface area contributed by atoms with Gasteiger partial charge in [-0.2, -0.15) is 10.2 Å². The molecule has 6 heteroatoms. The highest BCUT2D eigenvalue weighted by Gasteiger charge is 2.14. The molecule has 0 amide bonds. The molecule has 2 aromatic heterocycles. The lowest BCUT2D eigenvalue weighted by atomic mass is 10.0. The van der Waals surface area contributed by atoms with Crippen molar-refractivity contribution < 1.29 is 9.47 Å². The molecule has 1 radical (unpaired) electrons. The third-order valence-corrected chi connectivity index (χ3v) is 6.09. The molecular formula is C26H39N4O2. The van der Waals surface area contributed by atoms with E-state index in [0.717, 1.165) is 76.3 Å². The van der Waals surface area contributed by atoms with Crippen LogP contribution in [0.4, 0.5) is 0 Å². The van der Waals surface area contributed by atoms with Crippen LogP contribution in [0.3, 0.4) is 0 Å². The molecule has 1 aliphatic rings. The van der Waals surface area contributed by atoms with Crippen molar-refractivity contribution >= 4 is 0 Å². The molecule has 0 atom stereocenters. The largest absolute Gasteiger partial charge is 0.494 e. The first-order chi connectivity index (χ1) is 15.7. The minimum absolute atomic E-state index is 0.716. The van der Waals surface area contributed by atoms with Crippen LogP contribution in [0.5, 0.6) is 0 Å². The number of aromatic amines is 2. The van der Waals surface area contributed by atoms with E-state index in [-0.39, 0.29) is 0 Å². The van der Waals surface area contributed by atoms with Crippen molar-refractivity contribution in [2.24, 2.45) is 0 Å². The van der Waals surface area contributed by atoms with E-state index in [1.165, 1.54) is 33.9 Å². The van der Waals surface area contributed by atoms with Gasteiger partial charge in [-0.05, 0) is 80.7 Å². The van der Waals surface area contributed by atoms with Gasteiger partial charge in [0.25, 0.3) is 0 Å². The Morgan fingerprint density at radius 3 is 1.78 bits per heavy atom. The molecule has 0 spiro atoms. The molecule has 2 heterocycles. The van der Waals surface area contributed by atoms with E-state index < -0.39 is 0 Å². The first-order valence-electron chi connectivity index (χ1n) is 12.3. The van der Waals surface area contributed by atoms with Crippen molar-refractivity contribution in [1.82, 2.24) is 20.4 Å². The maximum atomic E-state index is 5.99. The van der Waals surface area contributed by atoms with Gasteiger partial charge in [-0.25, -0.2) is 0 Å². The van der Waals surface area contributed by atoms with Gasteiger partial charge < -0.3 is 9.47 Å². The first kappa shape index (κ1) is 24.3. The predicted octanol–water partition coefficient (Wildman–Crippen LogP) is 5.36. The highest BCUT2D eigenvalue weighted by atomic mass is 16.5. The van der Waals surface area contributed by atoms with E-state index >= 15 is 0 Å². The lowest BCUT2D eigenvalue weighted by Gasteiger charge is -2.17. The quantitative estimate of drug-likeness (QED) is 0.389. The van der Waals surface area contributed by atoms with Gasteiger partial charge in [-0.1, -0.05) is 27.7 Å². The maximum absolute atomic E-state index is 5.99. The Bertz CT molecular complexity index is 851. The highest BCUT2D eigenvalue weighted by Crippen LogP contribution is 2.22. The van der Waals surface area contributed by atoms with Crippen LogP contribution in [0.15, 0.2) is 24.0 Å². The van der Waals surface area contributed by atoms with Crippen molar-refractivity contribution in [3.63, 3.8) is 0 Å². The van der Waals surface area contributed by atoms with E-state index in [1.54, 1.807) is 0 Å². The molecule has 0 fully saturated rings. The fraction of sp³-hybridized carbons (Fsp3) is 0.577. The van der Waals surface area contributed by atoms with Gasteiger partial charge >= 0.3 is 0 Å². The minimum atomic E-state index is 0.716. The normalized spacial score (nSPS) is 14.2. The summed E-state index contributed by atoms with van der Waals surface area (Å²) >= 11 is 0. The van der Waals surface area contributed by atoms with E-state index in [2.05, 4.69) is 54.2 Å². The molecule has 0 saturated carbocycles. The van der Waals surface area contributed by atoms with Crippen molar-refractivity contribution in [1.29, 1.82) is 0 Å². The molecule has 0 aromatic carbocycles. The number of aryl methyl sites for hydroxylation is 4. The zero-order valence-corrected chi connectivity index (χ0v) is 20.2. The van der Waals surface area contributed by atoms with Gasteiger partial charge in [-0.15, -0.1) is 0 Å². The number of nitrogens with one attached hydrogen (secondary N) is 2. The Labute approximate surface area is 192 Å². The van der Waals surface area contributed by atoms with Gasteiger partial charge in [0.2, 0.25) is 0 Å². The van der Waals surface area contributed by atoms with Crippen LogP contribution in [-0.4, -0.2) is 33.6 Å².